The van der Waals surface area contributed by atoms with Crippen molar-refractivity contribution in [2.75, 3.05) is 11.9 Å². The molecule has 0 amide bonds. The van der Waals surface area contributed by atoms with Crippen LogP contribution in [0.3, 0.4) is 0 Å². The second-order valence-corrected chi connectivity index (χ2v) is 5.61. The largest absolute Gasteiger partial charge is 0.478 e. The fourth-order valence-electron chi connectivity index (χ4n) is 2.66. The van der Waals surface area contributed by atoms with Crippen LogP contribution in [0.1, 0.15) is 49.4 Å². The van der Waals surface area contributed by atoms with Crippen molar-refractivity contribution in [2.24, 2.45) is 5.41 Å². The van der Waals surface area contributed by atoms with Gasteiger partial charge in [0.15, 0.2) is 0 Å². The van der Waals surface area contributed by atoms with E-state index < -0.39 is 5.97 Å². The Balaban J connectivity index is 1.97. The molecule has 3 nitrogen and oxygen atoms in total. The van der Waals surface area contributed by atoms with E-state index in [1.54, 1.807) is 18.2 Å². The van der Waals surface area contributed by atoms with E-state index in [0.717, 1.165) is 12.2 Å². The van der Waals surface area contributed by atoms with Crippen LogP contribution in [-0.2, 0) is 0 Å². The molecule has 0 atom stereocenters. The SMILES string of the molecule is CC1(CNc2cccc(C(=O)O)c2)CCCCC1. The molecule has 1 aliphatic carbocycles. The molecule has 0 saturated heterocycles. The second-order valence-electron chi connectivity index (χ2n) is 5.61. The van der Waals surface area contributed by atoms with E-state index in [1.165, 1.54) is 32.1 Å². The van der Waals surface area contributed by atoms with Gasteiger partial charge in [-0.05, 0) is 36.5 Å². The smallest absolute Gasteiger partial charge is 0.335 e. The van der Waals surface area contributed by atoms with Crippen LogP contribution in [-0.4, -0.2) is 17.6 Å². The van der Waals surface area contributed by atoms with Crippen LogP contribution in [0.5, 0.6) is 0 Å². The zero-order chi connectivity index (χ0) is 13.0. The number of hydrogen-bond acceptors (Lipinski definition) is 2. The van der Waals surface area contributed by atoms with Crippen LogP contribution in [0.2, 0.25) is 0 Å². The van der Waals surface area contributed by atoms with Crippen molar-refractivity contribution in [3.05, 3.63) is 29.8 Å². The third-order valence-corrected chi connectivity index (χ3v) is 3.89. The first kappa shape index (κ1) is 12.9. The normalized spacial score (nSPS) is 18.3. The Morgan fingerprint density at radius 1 is 1.33 bits per heavy atom. The summed E-state index contributed by atoms with van der Waals surface area (Å²) in [6, 6.07) is 7.04. The lowest BCUT2D eigenvalue weighted by molar-refractivity contribution is 0.0697. The first-order chi connectivity index (χ1) is 8.59. The molecule has 0 unspecified atom stereocenters. The van der Waals surface area contributed by atoms with Crippen molar-refractivity contribution in [1.29, 1.82) is 0 Å². The number of carbonyl (C=O) groups is 1. The van der Waals surface area contributed by atoms with Gasteiger partial charge >= 0.3 is 5.97 Å². The second kappa shape index (κ2) is 5.42. The monoisotopic (exact) mass is 247 g/mol. The molecule has 2 rings (SSSR count). The maximum absolute atomic E-state index is 10.9. The van der Waals surface area contributed by atoms with E-state index >= 15 is 0 Å². The molecule has 1 saturated carbocycles. The van der Waals surface area contributed by atoms with Gasteiger partial charge in [0.1, 0.15) is 0 Å². The topological polar surface area (TPSA) is 49.3 Å². The van der Waals surface area contributed by atoms with Gasteiger partial charge in [-0.25, -0.2) is 4.79 Å². The van der Waals surface area contributed by atoms with Gasteiger partial charge in [-0.2, -0.15) is 0 Å². The van der Waals surface area contributed by atoms with Gasteiger partial charge in [0.25, 0.3) is 0 Å². The predicted octanol–water partition coefficient (Wildman–Crippen LogP) is 3.77. The lowest BCUT2D eigenvalue weighted by atomic mass is 9.76. The highest BCUT2D eigenvalue weighted by Gasteiger charge is 2.26. The van der Waals surface area contributed by atoms with E-state index in [-0.39, 0.29) is 0 Å². The zero-order valence-corrected chi connectivity index (χ0v) is 10.9. The number of benzene rings is 1. The van der Waals surface area contributed by atoms with Gasteiger partial charge in [0, 0.05) is 12.2 Å². The summed E-state index contributed by atoms with van der Waals surface area (Å²) in [4.78, 5) is 10.9. The molecule has 0 spiro atoms. The van der Waals surface area contributed by atoms with E-state index in [0.29, 0.717) is 11.0 Å². The number of hydrogen-bond donors (Lipinski definition) is 2. The van der Waals surface area contributed by atoms with Gasteiger partial charge in [0.05, 0.1) is 5.56 Å². The summed E-state index contributed by atoms with van der Waals surface area (Å²) >= 11 is 0. The van der Waals surface area contributed by atoms with Gasteiger partial charge in [-0.1, -0.05) is 32.3 Å². The predicted molar refractivity (Wildman–Crippen MR) is 73.1 cm³/mol. The third-order valence-electron chi connectivity index (χ3n) is 3.89. The summed E-state index contributed by atoms with van der Waals surface area (Å²) in [5, 5.41) is 12.3. The standard InChI is InChI=1S/C15H21NO2/c1-15(8-3-2-4-9-15)11-16-13-7-5-6-12(10-13)14(17)18/h5-7,10,16H,2-4,8-9,11H2,1H3,(H,17,18). The highest BCUT2D eigenvalue weighted by Crippen LogP contribution is 2.35. The molecule has 0 radical (unpaired) electrons. The summed E-state index contributed by atoms with van der Waals surface area (Å²) in [6.07, 6.45) is 6.50. The number of rotatable bonds is 4. The van der Waals surface area contributed by atoms with Crippen molar-refractivity contribution in [1.82, 2.24) is 0 Å². The lowest BCUT2D eigenvalue weighted by Gasteiger charge is -2.34. The fraction of sp³-hybridized carbons (Fsp3) is 0.533. The van der Waals surface area contributed by atoms with Crippen LogP contribution in [0.25, 0.3) is 0 Å². The molecular formula is C15H21NO2. The molecule has 1 aromatic rings. The van der Waals surface area contributed by atoms with Crippen molar-refractivity contribution in [3.8, 4) is 0 Å². The molecule has 0 aromatic heterocycles. The first-order valence-corrected chi connectivity index (χ1v) is 6.66. The maximum Gasteiger partial charge on any atom is 0.335 e. The Hall–Kier alpha value is -1.51. The highest BCUT2D eigenvalue weighted by molar-refractivity contribution is 5.88. The minimum absolute atomic E-state index is 0.341. The van der Waals surface area contributed by atoms with Crippen molar-refractivity contribution in [2.45, 2.75) is 39.0 Å². The van der Waals surface area contributed by atoms with Crippen LogP contribution in [0.4, 0.5) is 5.69 Å². The fourth-order valence-corrected chi connectivity index (χ4v) is 2.66. The molecule has 2 N–H and O–H groups in total. The van der Waals surface area contributed by atoms with Crippen LogP contribution in [0.15, 0.2) is 24.3 Å². The molecule has 0 aliphatic heterocycles. The molecule has 0 heterocycles. The van der Waals surface area contributed by atoms with Gasteiger partial charge in [-0.15, -0.1) is 0 Å². The summed E-state index contributed by atoms with van der Waals surface area (Å²) in [6.45, 7) is 3.25. The quantitative estimate of drug-likeness (QED) is 0.851. The molecule has 1 aliphatic rings. The van der Waals surface area contributed by atoms with Crippen molar-refractivity contribution >= 4 is 11.7 Å². The summed E-state index contributed by atoms with van der Waals surface area (Å²) in [7, 11) is 0. The number of nitrogens with one attached hydrogen (secondary N) is 1. The van der Waals surface area contributed by atoms with E-state index in [2.05, 4.69) is 12.2 Å². The Bertz CT molecular complexity index is 422. The van der Waals surface area contributed by atoms with Crippen LogP contribution in [0, 0.1) is 5.41 Å². The van der Waals surface area contributed by atoms with Crippen molar-refractivity contribution in [3.63, 3.8) is 0 Å². The summed E-state index contributed by atoms with van der Waals surface area (Å²) < 4.78 is 0. The van der Waals surface area contributed by atoms with E-state index in [1.807, 2.05) is 6.07 Å². The molecule has 1 aromatic carbocycles. The van der Waals surface area contributed by atoms with Gasteiger partial charge in [-0.3, -0.25) is 0 Å². The Kier molecular flexibility index (Phi) is 3.90. The molecule has 3 heteroatoms. The highest BCUT2D eigenvalue weighted by atomic mass is 16.4. The zero-order valence-electron chi connectivity index (χ0n) is 10.9. The maximum atomic E-state index is 10.9. The van der Waals surface area contributed by atoms with Crippen LogP contribution < -0.4 is 5.32 Å². The van der Waals surface area contributed by atoms with E-state index in [9.17, 15) is 4.79 Å². The Morgan fingerprint density at radius 3 is 2.72 bits per heavy atom. The minimum atomic E-state index is -0.873. The molecule has 98 valence electrons. The molecular weight excluding hydrogens is 226 g/mol. The third kappa shape index (κ3) is 3.25. The average Bonchev–Trinajstić information content (AvgIpc) is 2.38. The van der Waals surface area contributed by atoms with E-state index in [4.69, 9.17) is 5.11 Å². The molecule has 18 heavy (non-hydrogen) atoms. The van der Waals surface area contributed by atoms with Crippen molar-refractivity contribution < 1.29 is 9.90 Å². The van der Waals surface area contributed by atoms with Gasteiger partial charge < -0.3 is 10.4 Å². The summed E-state index contributed by atoms with van der Waals surface area (Å²) in [5.41, 5.74) is 1.60. The lowest BCUT2D eigenvalue weighted by Crippen LogP contribution is -2.28. The molecule has 1 fully saturated rings. The Morgan fingerprint density at radius 2 is 2.06 bits per heavy atom. The number of carboxylic acids is 1. The number of carboxylic acid groups (broad SMARTS) is 1. The molecule has 0 bridgehead atoms. The van der Waals surface area contributed by atoms with Gasteiger partial charge in [0.2, 0.25) is 0 Å². The van der Waals surface area contributed by atoms with Crippen LogP contribution >= 0.6 is 0 Å². The number of aromatic carboxylic acids is 1. The minimum Gasteiger partial charge on any atom is -0.478 e. The summed E-state index contributed by atoms with van der Waals surface area (Å²) in [5.74, 6) is -0.873. The first-order valence-electron chi connectivity index (χ1n) is 6.66. The Labute approximate surface area is 108 Å². The number of anilines is 1. The average molecular weight is 247 g/mol.